The molecular weight excluding hydrogens is 274 g/mol. The number of fused-ring (bicyclic) bond motifs is 3. The second-order valence-electron chi connectivity index (χ2n) is 6.52. The molecule has 1 saturated carbocycles. The van der Waals surface area contributed by atoms with Crippen LogP contribution >= 0.6 is 11.3 Å². The van der Waals surface area contributed by atoms with Crippen molar-refractivity contribution in [1.82, 2.24) is 5.32 Å². The molecule has 4 unspecified atom stereocenters. The number of nitrogens with one attached hydrogen (secondary N) is 1. The lowest BCUT2D eigenvalue weighted by Crippen LogP contribution is -2.29. The van der Waals surface area contributed by atoms with Gasteiger partial charge in [0.05, 0.1) is 0 Å². The summed E-state index contributed by atoms with van der Waals surface area (Å²) in [6, 6.07) is 14.2. The van der Waals surface area contributed by atoms with Crippen molar-refractivity contribution in [3.05, 3.63) is 57.8 Å². The molecule has 2 heteroatoms. The van der Waals surface area contributed by atoms with Crippen molar-refractivity contribution in [2.24, 2.45) is 11.8 Å². The van der Waals surface area contributed by atoms with E-state index >= 15 is 0 Å². The van der Waals surface area contributed by atoms with E-state index in [1.807, 2.05) is 11.3 Å². The second kappa shape index (κ2) is 5.58. The first kappa shape index (κ1) is 13.5. The van der Waals surface area contributed by atoms with Crippen LogP contribution in [0.15, 0.2) is 41.8 Å². The average Bonchev–Trinajstić information content (AvgIpc) is 3.02. The minimum absolute atomic E-state index is 0.674. The number of thiophene rings is 1. The lowest BCUT2D eigenvalue weighted by Gasteiger charge is -2.16. The van der Waals surface area contributed by atoms with E-state index in [2.05, 4.69) is 54.1 Å². The quantitative estimate of drug-likeness (QED) is 0.870. The topological polar surface area (TPSA) is 12.0 Å². The zero-order valence-electron chi connectivity index (χ0n) is 12.6. The van der Waals surface area contributed by atoms with Gasteiger partial charge in [-0.1, -0.05) is 30.3 Å². The highest BCUT2D eigenvalue weighted by Gasteiger charge is 2.55. The summed E-state index contributed by atoms with van der Waals surface area (Å²) in [5.74, 6) is 2.62. The Morgan fingerprint density at radius 2 is 2.14 bits per heavy atom. The normalized spacial score (nSPS) is 27.8. The molecule has 2 aliphatic rings. The van der Waals surface area contributed by atoms with Gasteiger partial charge in [-0.05, 0) is 73.1 Å². The molecule has 110 valence electrons. The van der Waals surface area contributed by atoms with E-state index in [-0.39, 0.29) is 0 Å². The van der Waals surface area contributed by atoms with Crippen LogP contribution in [0.25, 0.3) is 0 Å². The van der Waals surface area contributed by atoms with Crippen LogP contribution in [-0.2, 0) is 12.8 Å². The third-order valence-corrected chi connectivity index (χ3v) is 6.44. The molecule has 1 nitrogen and oxygen atoms in total. The minimum Gasteiger partial charge on any atom is -0.317 e. The predicted molar refractivity (Wildman–Crippen MR) is 90.0 cm³/mol. The molecule has 0 amide bonds. The van der Waals surface area contributed by atoms with Gasteiger partial charge in [-0.3, -0.25) is 0 Å². The van der Waals surface area contributed by atoms with Crippen molar-refractivity contribution in [1.29, 1.82) is 0 Å². The van der Waals surface area contributed by atoms with Crippen LogP contribution in [-0.4, -0.2) is 13.1 Å². The fourth-order valence-corrected chi connectivity index (χ4v) is 5.17. The molecule has 0 aliphatic heterocycles. The van der Waals surface area contributed by atoms with Crippen LogP contribution in [0, 0.1) is 11.8 Å². The highest BCUT2D eigenvalue weighted by atomic mass is 32.1. The summed E-state index contributed by atoms with van der Waals surface area (Å²) in [5.41, 5.74) is 3.25. The summed E-state index contributed by atoms with van der Waals surface area (Å²) in [6.45, 7) is 0. The van der Waals surface area contributed by atoms with E-state index in [9.17, 15) is 0 Å². The van der Waals surface area contributed by atoms with Gasteiger partial charge in [-0.25, -0.2) is 0 Å². The number of aryl methyl sites for hydroxylation is 2. The van der Waals surface area contributed by atoms with Crippen LogP contribution < -0.4 is 5.32 Å². The van der Waals surface area contributed by atoms with Gasteiger partial charge in [-0.2, -0.15) is 0 Å². The SMILES string of the molecule is CNC(CCc1cccs1)C1C2CCc3ccccc3C21. The Labute approximate surface area is 131 Å². The summed E-state index contributed by atoms with van der Waals surface area (Å²) in [5, 5.41) is 5.81. The van der Waals surface area contributed by atoms with Gasteiger partial charge in [-0.15, -0.1) is 11.3 Å². The molecular formula is C19H23NS. The van der Waals surface area contributed by atoms with Gasteiger partial charge < -0.3 is 5.32 Å². The highest BCUT2D eigenvalue weighted by Crippen LogP contribution is 2.61. The fourth-order valence-electron chi connectivity index (χ4n) is 4.45. The maximum Gasteiger partial charge on any atom is 0.0105 e. The molecule has 1 aromatic heterocycles. The predicted octanol–water partition coefficient (Wildman–Crippen LogP) is 4.24. The van der Waals surface area contributed by atoms with Crippen LogP contribution in [0.2, 0.25) is 0 Å². The molecule has 2 aliphatic carbocycles. The molecule has 2 aromatic rings. The fraction of sp³-hybridized carbons (Fsp3) is 0.474. The van der Waals surface area contributed by atoms with E-state index in [1.54, 1.807) is 11.1 Å². The van der Waals surface area contributed by atoms with Crippen molar-refractivity contribution in [3.8, 4) is 0 Å². The molecule has 1 N–H and O–H groups in total. The van der Waals surface area contributed by atoms with Gasteiger partial charge >= 0.3 is 0 Å². The van der Waals surface area contributed by atoms with Crippen LogP contribution in [0.5, 0.6) is 0 Å². The van der Waals surface area contributed by atoms with Crippen molar-refractivity contribution in [3.63, 3.8) is 0 Å². The standard InChI is InChI=1S/C19H23NS/c1-20-17(11-9-14-6-4-12-21-14)19-16-10-8-13-5-2-3-7-15(13)18(16)19/h2-7,12,16-20H,8-11H2,1H3. The molecule has 4 atom stereocenters. The average molecular weight is 297 g/mol. The molecule has 1 fully saturated rings. The van der Waals surface area contributed by atoms with Crippen molar-refractivity contribution in [2.75, 3.05) is 7.05 Å². The third kappa shape index (κ3) is 2.45. The van der Waals surface area contributed by atoms with Crippen LogP contribution in [0.4, 0.5) is 0 Å². The van der Waals surface area contributed by atoms with Gasteiger partial charge in [0.25, 0.3) is 0 Å². The number of rotatable bonds is 5. The lowest BCUT2D eigenvalue weighted by atomic mass is 9.92. The molecule has 0 spiro atoms. The molecule has 0 saturated heterocycles. The Balaban J connectivity index is 1.47. The van der Waals surface area contributed by atoms with E-state index in [4.69, 9.17) is 0 Å². The zero-order chi connectivity index (χ0) is 14.2. The Hall–Kier alpha value is -1.12. The summed E-state index contributed by atoms with van der Waals surface area (Å²) >= 11 is 1.89. The molecule has 0 bridgehead atoms. The summed E-state index contributed by atoms with van der Waals surface area (Å²) < 4.78 is 0. The summed E-state index contributed by atoms with van der Waals surface area (Å²) in [7, 11) is 2.15. The van der Waals surface area contributed by atoms with E-state index < -0.39 is 0 Å². The maximum absolute atomic E-state index is 3.62. The van der Waals surface area contributed by atoms with Gasteiger partial charge in [0.1, 0.15) is 0 Å². The van der Waals surface area contributed by atoms with Crippen molar-refractivity contribution >= 4 is 11.3 Å². The molecule has 4 rings (SSSR count). The Morgan fingerprint density at radius 3 is 2.95 bits per heavy atom. The van der Waals surface area contributed by atoms with Crippen molar-refractivity contribution in [2.45, 2.75) is 37.6 Å². The van der Waals surface area contributed by atoms with E-state index in [0.717, 1.165) is 17.8 Å². The Bertz CT molecular complexity index is 604. The van der Waals surface area contributed by atoms with Gasteiger partial charge in [0.15, 0.2) is 0 Å². The van der Waals surface area contributed by atoms with E-state index in [1.165, 1.54) is 30.6 Å². The molecule has 0 radical (unpaired) electrons. The number of hydrogen-bond acceptors (Lipinski definition) is 2. The third-order valence-electron chi connectivity index (χ3n) is 5.51. The van der Waals surface area contributed by atoms with Gasteiger partial charge in [0, 0.05) is 10.9 Å². The second-order valence-corrected chi connectivity index (χ2v) is 7.55. The monoisotopic (exact) mass is 297 g/mol. The maximum atomic E-state index is 3.62. The smallest absolute Gasteiger partial charge is 0.0105 e. The summed E-state index contributed by atoms with van der Waals surface area (Å²) in [4.78, 5) is 1.53. The first-order valence-corrected chi connectivity index (χ1v) is 9.04. The minimum atomic E-state index is 0.674. The molecule has 21 heavy (non-hydrogen) atoms. The lowest BCUT2D eigenvalue weighted by molar-refractivity contribution is 0.440. The molecule has 1 aromatic carbocycles. The number of benzene rings is 1. The Kier molecular flexibility index (Phi) is 3.60. The highest BCUT2D eigenvalue weighted by molar-refractivity contribution is 7.09. The van der Waals surface area contributed by atoms with Crippen LogP contribution in [0.3, 0.4) is 0 Å². The molecule has 1 heterocycles. The Morgan fingerprint density at radius 1 is 1.24 bits per heavy atom. The first-order chi connectivity index (χ1) is 10.4. The van der Waals surface area contributed by atoms with Gasteiger partial charge in [0.2, 0.25) is 0 Å². The van der Waals surface area contributed by atoms with Crippen LogP contribution in [0.1, 0.15) is 34.8 Å². The van der Waals surface area contributed by atoms with Crippen molar-refractivity contribution < 1.29 is 0 Å². The zero-order valence-corrected chi connectivity index (χ0v) is 13.4. The first-order valence-electron chi connectivity index (χ1n) is 8.16. The largest absolute Gasteiger partial charge is 0.317 e. The van der Waals surface area contributed by atoms with E-state index in [0.29, 0.717) is 6.04 Å². The summed E-state index contributed by atoms with van der Waals surface area (Å²) in [6.07, 6.45) is 5.18. The number of hydrogen-bond donors (Lipinski definition) is 1.